The lowest BCUT2D eigenvalue weighted by Gasteiger charge is -2.30. The van der Waals surface area contributed by atoms with Gasteiger partial charge >= 0.3 is 0 Å². The minimum atomic E-state index is 0.466. The molecule has 21 heavy (non-hydrogen) atoms. The van der Waals surface area contributed by atoms with Gasteiger partial charge in [-0.05, 0) is 54.5 Å². The van der Waals surface area contributed by atoms with E-state index in [1.54, 1.807) is 0 Å². The summed E-state index contributed by atoms with van der Waals surface area (Å²) in [6.07, 6.45) is 4.68. The molecule has 1 aliphatic carbocycles. The molecule has 0 bridgehead atoms. The minimum absolute atomic E-state index is 0.466. The Labute approximate surface area is 135 Å². The lowest BCUT2D eigenvalue weighted by atomic mass is 9.87. The van der Waals surface area contributed by atoms with E-state index in [-0.39, 0.29) is 0 Å². The van der Waals surface area contributed by atoms with Crippen molar-refractivity contribution in [3.05, 3.63) is 69.7 Å². The van der Waals surface area contributed by atoms with Crippen molar-refractivity contribution in [3.8, 4) is 0 Å². The number of rotatable bonds is 4. The Hall–Kier alpha value is -1.12. The van der Waals surface area contributed by atoms with Crippen LogP contribution in [0, 0.1) is 0 Å². The molecule has 0 saturated carbocycles. The Morgan fingerprint density at radius 3 is 2.71 bits per heavy atom. The zero-order chi connectivity index (χ0) is 14.7. The lowest BCUT2D eigenvalue weighted by Crippen LogP contribution is -2.37. The van der Waals surface area contributed by atoms with E-state index < -0.39 is 0 Å². The Kier molecular flexibility index (Phi) is 4.77. The molecule has 2 aromatic rings. The fourth-order valence-electron chi connectivity index (χ4n) is 3.29. The predicted octanol–water partition coefficient (Wildman–Crippen LogP) is 5.05. The molecule has 0 spiro atoms. The van der Waals surface area contributed by atoms with Crippen LogP contribution in [0.1, 0.15) is 42.5 Å². The minimum Gasteiger partial charge on any atom is -0.307 e. The van der Waals surface area contributed by atoms with Gasteiger partial charge in [-0.1, -0.05) is 59.3 Å². The molecular weight excluding hydrogens is 322 g/mol. The smallest absolute Gasteiger partial charge is 0.0320 e. The van der Waals surface area contributed by atoms with Crippen molar-refractivity contribution in [1.82, 2.24) is 5.32 Å². The van der Waals surface area contributed by atoms with Crippen LogP contribution in [0.15, 0.2) is 53.0 Å². The van der Waals surface area contributed by atoms with Crippen LogP contribution in [0.3, 0.4) is 0 Å². The van der Waals surface area contributed by atoms with Gasteiger partial charge in [0.25, 0.3) is 0 Å². The molecule has 2 unspecified atom stereocenters. The maximum absolute atomic E-state index is 3.87. The zero-order valence-corrected chi connectivity index (χ0v) is 14.1. The van der Waals surface area contributed by atoms with E-state index in [4.69, 9.17) is 0 Å². The summed E-state index contributed by atoms with van der Waals surface area (Å²) in [7, 11) is 0. The summed E-state index contributed by atoms with van der Waals surface area (Å²) < 4.78 is 1.20. The van der Waals surface area contributed by atoms with Crippen LogP contribution < -0.4 is 5.32 Å². The molecule has 0 fully saturated rings. The van der Waals surface area contributed by atoms with Crippen molar-refractivity contribution in [2.75, 3.05) is 0 Å². The maximum Gasteiger partial charge on any atom is 0.0320 e. The first-order chi connectivity index (χ1) is 10.3. The molecular formula is C19H22BrN. The third-order valence-electron chi connectivity index (χ3n) is 4.44. The van der Waals surface area contributed by atoms with Gasteiger partial charge in [0.05, 0.1) is 0 Å². The average Bonchev–Trinajstić information content (AvgIpc) is 2.53. The maximum atomic E-state index is 3.87. The van der Waals surface area contributed by atoms with Crippen molar-refractivity contribution in [2.45, 2.75) is 44.7 Å². The number of hydrogen-bond acceptors (Lipinski definition) is 1. The van der Waals surface area contributed by atoms with E-state index in [2.05, 4.69) is 76.7 Å². The fraction of sp³-hybridized carbons (Fsp3) is 0.368. The molecule has 0 saturated heterocycles. The Morgan fingerprint density at radius 2 is 1.95 bits per heavy atom. The average molecular weight is 344 g/mol. The molecule has 2 atom stereocenters. The number of nitrogens with one attached hydrogen (secondary N) is 1. The van der Waals surface area contributed by atoms with Gasteiger partial charge in [0.15, 0.2) is 0 Å². The third kappa shape index (κ3) is 3.56. The molecule has 0 heterocycles. The van der Waals surface area contributed by atoms with E-state index in [0.29, 0.717) is 12.1 Å². The third-order valence-corrected chi connectivity index (χ3v) is 4.94. The van der Waals surface area contributed by atoms with E-state index in [1.165, 1.54) is 34.0 Å². The number of hydrogen-bond donors (Lipinski definition) is 1. The summed E-state index contributed by atoms with van der Waals surface area (Å²) in [5, 5.41) is 3.87. The topological polar surface area (TPSA) is 12.0 Å². The van der Waals surface area contributed by atoms with Crippen molar-refractivity contribution in [2.24, 2.45) is 0 Å². The van der Waals surface area contributed by atoms with Crippen LogP contribution in [-0.2, 0) is 12.8 Å². The molecule has 110 valence electrons. The number of benzene rings is 2. The molecule has 2 heteroatoms. The standard InChI is InChI=1S/C19H22BrN/c1-2-19(14-6-4-3-5-7-14)21-18-11-9-15-12-17(20)10-8-16(15)13-18/h3-8,10,12,18-19,21H,2,9,11,13H2,1H3. The van der Waals surface area contributed by atoms with E-state index in [1.807, 2.05) is 0 Å². The van der Waals surface area contributed by atoms with Gasteiger partial charge in [-0.3, -0.25) is 0 Å². The molecule has 1 aliphatic rings. The highest BCUT2D eigenvalue weighted by Gasteiger charge is 2.21. The summed E-state index contributed by atoms with van der Waals surface area (Å²) in [6.45, 7) is 2.26. The molecule has 1 nitrogen and oxygen atoms in total. The first-order valence-electron chi connectivity index (χ1n) is 7.84. The van der Waals surface area contributed by atoms with Gasteiger partial charge in [0.2, 0.25) is 0 Å². The van der Waals surface area contributed by atoms with Gasteiger partial charge in [0.1, 0.15) is 0 Å². The molecule has 2 aromatic carbocycles. The second kappa shape index (κ2) is 6.76. The normalized spacial score (nSPS) is 19.0. The summed E-state index contributed by atoms with van der Waals surface area (Å²) in [6, 6.07) is 18.6. The first-order valence-corrected chi connectivity index (χ1v) is 8.64. The molecule has 0 radical (unpaired) electrons. The largest absolute Gasteiger partial charge is 0.307 e. The highest BCUT2D eigenvalue weighted by Crippen LogP contribution is 2.27. The molecule has 1 N–H and O–H groups in total. The van der Waals surface area contributed by atoms with Gasteiger partial charge < -0.3 is 5.32 Å². The van der Waals surface area contributed by atoms with E-state index in [9.17, 15) is 0 Å². The van der Waals surface area contributed by atoms with Gasteiger partial charge in [0, 0.05) is 16.6 Å². The van der Waals surface area contributed by atoms with Crippen molar-refractivity contribution in [3.63, 3.8) is 0 Å². The summed E-state index contributed by atoms with van der Waals surface area (Å²) in [5.74, 6) is 0. The second-order valence-corrected chi connectivity index (χ2v) is 6.81. The zero-order valence-electron chi connectivity index (χ0n) is 12.5. The highest BCUT2D eigenvalue weighted by atomic mass is 79.9. The Balaban J connectivity index is 1.70. The summed E-state index contributed by atoms with van der Waals surface area (Å²) in [4.78, 5) is 0. The van der Waals surface area contributed by atoms with Crippen LogP contribution in [0.4, 0.5) is 0 Å². The summed E-state index contributed by atoms with van der Waals surface area (Å²) in [5.41, 5.74) is 4.42. The van der Waals surface area contributed by atoms with E-state index in [0.717, 1.165) is 12.8 Å². The highest BCUT2D eigenvalue weighted by molar-refractivity contribution is 9.10. The predicted molar refractivity (Wildman–Crippen MR) is 92.6 cm³/mol. The summed E-state index contributed by atoms with van der Waals surface area (Å²) >= 11 is 3.57. The van der Waals surface area contributed by atoms with Crippen molar-refractivity contribution < 1.29 is 0 Å². The van der Waals surface area contributed by atoms with Crippen molar-refractivity contribution in [1.29, 1.82) is 0 Å². The first kappa shape index (κ1) is 14.8. The molecule has 0 amide bonds. The Morgan fingerprint density at radius 1 is 1.14 bits per heavy atom. The monoisotopic (exact) mass is 343 g/mol. The van der Waals surface area contributed by atoms with Crippen LogP contribution in [0.5, 0.6) is 0 Å². The van der Waals surface area contributed by atoms with Crippen LogP contribution in [0.25, 0.3) is 0 Å². The van der Waals surface area contributed by atoms with Gasteiger partial charge in [-0.25, -0.2) is 0 Å². The quantitative estimate of drug-likeness (QED) is 0.819. The fourth-order valence-corrected chi connectivity index (χ4v) is 3.69. The number of fused-ring (bicyclic) bond motifs is 1. The SMILES string of the molecule is CCC(NC1CCc2cc(Br)ccc2C1)c1ccccc1. The lowest BCUT2D eigenvalue weighted by molar-refractivity contribution is 0.391. The number of aryl methyl sites for hydroxylation is 1. The van der Waals surface area contributed by atoms with Crippen LogP contribution >= 0.6 is 15.9 Å². The molecule has 3 rings (SSSR count). The molecule has 0 aromatic heterocycles. The van der Waals surface area contributed by atoms with Crippen LogP contribution in [-0.4, -0.2) is 6.04 Å². The molecule has 0 aliphatic heterocycles. The Bertz CT molecular complexity index is 594. The van der Waals surface area contributed by atoms with E-state index >= 15 is 0 Å². The van der Waals surface area contributed by atoms with Gasteiger partial charge in [-0.15, -0.1) is 0 Å². The van der Waals surface area contributed by atoms with Crippen LogP contribution in [0.2, 0.25) is 0 Å². The van der Waals surface area contributed by atoms with Gasteiger partial charge in [-0.2, -0.15) is 0 Å². The van der Waals surface area contributed by atoms with Crippen molar-refractivity contribution >= 4 is 15.9 Å². The second-order valence-electron chi connectivity index (χ2n) is 5.89. The number of halogens is 1.